The van der Waals surface area contributed by atoms with Gasteiger partial charge in [0.25, 0.3) is 0 Å². The molecule has 0 aliphatic heterocycles. The largest absolute Gasteiger partial charge is 0.416 e. The van der Waals surface area contributed by atoms with E-state index >= 15 is 0 Å². The van der Waals surface area contributed by atoms with E-state index in [0.717, 1.165) is 0 Å². The first-order valence-electron chi connectivity index (χ1n) is 5.42. The Balaban J connectivity index is 3.21. The third kappa shape index (κ3) is 4.43. The Labute approximate surface area is 110 Å². The summed E-state index contributed by atoms with van der Waals surface area (Å²) in [5, 5.41) is 1.99. The maximum absolute atomic E-state index is 12.5. The number of hydrogen-bond acceptors (Lipinski definition) is 1. The van der Waals surface area contributed by atoms with Gasteiger partial charge in [0.2, 0.25) is 5.91 Å². The topological polar surface area (TPSA) is 29.1 Å². The number of rotatable bonds is 3. The summed E-state index contributed by atoms with van der Waals surface area (Å²) in [7, 11) is 0. The molecule has 0 spiro atoms. The van der Waals surface area contributed by atoms with Crippen LogP contribution in [0.4, 0.5) is 32.0 Å². The molecule has 20 heavy (non-hydrogen) atoms. The average molecular weight is 298 g/mol. The van der Waals surface area contributed by atoms with Crippen molar-refractivity contribution in [2.75, 3.05) is 5.32 Å². The molecule has 0 heterocycles. The van der Waals surface area contributed by atoms with Gasteiger partial charge in [-0.3, -0.25) is 4.79 Å². The molecular formula is C12H10F6NO. The predicted octanol–water partition coefficient (Wildman–Crippen LogP) is 4.28. The molecule has 1 aromatic rings. The van der Waals surface area contributed by atoms with Gasteiger partial charge >= 0.3 is 12.4 Å². The fourth-order valence-electron chi connectivity index (χ4n) is 1.41. The standard InChI is InChI=1S/C12H10F6NO/c1-2-3-10(20)19-9-5-7(11(13,14)15)4-8(6-9)12(16,17)18/h4-6H,1-3H2,(H,19,20). The highest BCUT2D eigenvalue weighted by Gasteiger charge is 2.37. The number of anilines is 1. The molecule has 8 heteroatoms. The van der Waals surface area contributed by atoms with Crippen molar-refractivity contribution in [3.05, 3.63) is 36.2 Å². The van der Waals surface area contributed by atoms with E-state index in [-0.39, 0.29) is 18.9 Å². The Morgan fingerprint density at radius 2 is 1.45 bits per heavy atom. The van der Waals surface area contributed by atoms with E-state index in [2.05, 4.69) is 6.92 Å². The highest BCUT2D eigenvalue weighted by Crippen LogP contribution is 2.37. The fraction of sp³-hybridized carbons (Fsp3) is 0.333. The first kappa shape index (κ1) is 16.3. The molecule has 0 unspecified atom stereocenters. The smallest absolute Gasteiger partial charge is 0.326 e. The number of alkyl halides is 6. The van der Waals surface area contributed by atoms with Crippen LogP contribution in [0.15, 0.2) is 18.2 Å². The molecule has 1 rings (SSSR count). The number of halogens is 6. The van der Waals surface area contributed by atoms with Crippen LogP contribution in [0.25, 0.3) is 0 Å². The van der Waals surface area contributed by atoms with E-state index < -0.39 is 35.1 Å². The summed E-state index contributed by atoms with van der Waals surface area (Å²) in [4.78, 5) is 11.2. The number of nitrogens with one attached hydrogen (secondary N) is 1. The third-order valence-electron chi connectivity index (χ3n) is 2.28. The van der Waals surface area contributed by atoms with E-state index in [0.29, 0.717) is 12.1 Å². The van der Waals surface area contributed by atoms with Gasteiger partial charge in [0.1, 0.15) is 0 Å². The van der Waals surface area contributed by atoms with Gasteiger partial charge in [-0.2, -0.15) is 26.3 Å². The van der Waals surface area contributed by atoms with Crippen LogP contribution in [0.1, 0.15) is 24.0 Å². The second-order valence-corrected chi connectivity index (χ2v) is 3.95. The normalized spacial score (nSPS) is 12.3. The Bertz CT molecular complexity index is 459. The zero-order chi connectivity index (χ0) is 15.6. The second kappa shape index (κ2) is 5.72. The number of amides is 1. The van der Waals surface area contributed by atoms with Crippen molar-refractivity contribution >= 4 is 11.6 Å². The van der Waals surface area contributed by atoms with Crippen LogP contribution >= 0.6 is 0 Å². The minimum atomic E-state index is -4.94. The number of benzene rings is 1. The third-order valence-corrected chi connectivity index (χ3v) is 2.28. The monoisotopic (exact) mass is 298 g/mol. The van der Waals surface area contributed by atoms with E-state index in [4.69, 9.17) is 0 Å². The van der Waals surface area contributed by atoms with Crippen molar-refractivity contribution < 1.29 is 31.1 Å². The average Bonchev–Trinajstić information content (AvgIpc) is 2.26. The lowest BCUT2D eigenvalue weighted by Gasteiger charge is -2.14. The van der Waals surface area contributed by atoms with E-state index in [1.807, 2.05) is 5.32 Å². The van der Waals surface area contributed by atoms with Gasteiger partial charge < -0.3 is 5.32 Å². The van der Waals surface area contributed by atoms with E-state index in [9.17, 15) is 31.1 Å². The highest BCUT2D eigenvalue weighted by molar-refractivity contribution is 5.90. The molecule has 1 radical (unpaired) electrons. The van der Waals surface area contributed by atoms with Crippen LogP contribution in [0, 0.1) is 6.92 Å². The first-order chi connectivity index (χ1) is 9.04. The summed E-state index contributed by atoms with van der Waals surface area (Å²) >= 11 is 0. The van der Waals surface area contributed by atoms with Gasteiger partial charge in [-0.05, 0) is 24.6 Å². The fourth-order valence-corrected chi connectivity index (χ4v) is 1.41. The Kier molecular flexibility index (Phi) is 4.67. The summed E-state index contributed by atoms with van der Waals surface area (Å²) < 4.78 is 75.2. The Morgan fingerprint density at radius 3 is 1.80 bits per heavy atom. The van der Waals surface area contributed by atoms with Crippen molar-refractivity contribution in [1.29, 1.82) is 0 Å². The van der Waals surface area contributed by atoms with Crippen LogP contribution in [0.5, 0.6) is 0 Å². The minimum absolute atomic E-state index is 0.00294. The molecule has 0 saturated heterocycles. The Morgan fingerprint density at radius 1 is 1.00 bits per heavy atom. The van der Waals surface area contributed by atoms with Gasteiger partial charge in [0.15, 0.2) is 0 Å². The SMILES string of the molecule is [CH2]CCC(=O)Nc1cc(C(F)(F)F)cc(C(F)(F)F)c1. The van der Waals surface area contributed by atoms with Gasteiger partial charge in [-0.15, -0.1) is 0 Å². The molecular weight excluding hydrogens is 288 g/mol. The zero-order valence-electron chi connectivity index (χ0n) is 10.0. The molecule has 0 aromatic heterocycles. The van der Waals surface area contributed by atoms with Crippen molar-refractivity contribution in [3.63, 3.8) is 0 Å². The maximum atomic E-state index is 12.5. The summed E-state index contributed by atoms with van der Waals surface area (Å²) in [6.45, 7) is 3.36. The molecule has 1 aromatic carbocycles. The minimum Gasteiger partial charge on any atom is -0.326 e. The van der Waals surface area contributed by atoms with Crippen LogP contribution < -0.4 is 5.32 Å². The highest BCUT2D eigenvalue weighted by atomic mass is 19.4. The van der Waals surface area contributed by atoms with Crippen molar-refractivity contribution in [2.24, 2.45) is 0 Å². The number of carbonyl (C=O) groups excluding carboxylic acids is 1. The van der Waals surface area contributed by atoms with E-state index in [1.165, 1.54) is 0 Å². The van der Waals surface area contributed by atoms with Crippen LogP contribution in [0.2, 0.25) is 0 Å². The van der Waals surface area contributed by atoms with Crippen LogP contribution in [0.3, 0.4) is 0 Å². The summed E-state index contributed by atoms with van der Waals surface area (Å²) in [6, 6.07) is 0.906. The number of carbonyl (C=O) groups is 1. The molecule has 0 fully saturated rings. The molecule has 0 aliphatic carbocycles. The predicted molar refractivity (Wildman–Crippen MR) is 59.7 cm³/mol. The van der Waals surface area contributed by atoms with Crippen molar-refractivity contribution in [1.82, 2.24) is 0 Å². The summed E-state index contributed by atoms with van der Waals surface area (Å²) in [5.74, 6) is -0.701. The summed E-state index contributed by atoms with van der Waals surface area (Å²) in [5.41, 5.74) is -3.50. The van der Waals surface area contributed by atoms with Gasteiger partial charge in [-0.1, -0.05) is 6.92 Å². The molecule has 0 saturated carbocycles. The summed E-state index contributed by atoms with van der Waals surface area (Å²) in [6.07, 6.45) is -9.80. The van der Waals surface area contributed by atoms with Crippen LogP contribution in [-0.2, 0) is 17.1 Å². The van der Waals surface area contributed by atoms with E-state index in [1.54, 1.807) is 0 Å². The maximum Gasteiger partial charge on any atom is 0.416 e. The molecule has 0 aliphatic rings. The van der Waals surface area contributed by atoms with Gasteiger partial charge in [-0.25, -0.2) is 0 Å². The lowest BCUT2D eigenvalue weighted by molar-refractivity contribution is -0.143. The molecule has 1 amide bonds. The van der Waals surface area contributed by atoms with Gasteiger partial charge in [0.05, 0.1) is 11.1 Å². The van der Waals surface area contributed by atoms with Crippen molar-refractivity contribution in [3.8, 4) is 0 Å². The lowest BCUT2D eigenvalue weighted by atomic mass is 10.1. The zero-order valence-corrected chi connectivity index (χ0v) is 10.0. The quantitative estimate of drug-likeness (QED) is 0.829. The first-order valence-corrected chi connectivity index (χ1v) is 5.42. The number of hydrogen-bond donors (Lipinski definition) is 1. The molecule has 111 valence electrons. The lowest BCUT2D eigenvalue weighted by Crippen LogP contribution is -2.15. The molecule has 2 nitrogen and oxygen atoms in total. The molecule has 0 bridgehead atoms. The molecule has 1 N–H and O–H groups in total. The Hall–Kier alpha value is -1.73. The second-order valence-electron chi connectivity index (χ2n) is 3.95. The van der Waals surface area contributed by atoms with Crippen LogP contribution in [-0.4, -0.2) is 5.91 Å². The van der Waals surface area contributed by atoms with Crippen molar-refractivity contribution in [2.45, 2.75) is 25.2 Å². The van der Waals surface area contributed by atoms with Gasteiger partial charge in [0, 0.05) is 12.1 Å². The molecule has 0 atom stereocenters.